The molecular formula is C25H32N2O2. The Kier molecular flexibility index (Phi) is 7.08. The van der Waals surface area contributed by atoms with Crippen LogP contribution in [0.1, 0.15) is 49.8 Å². The molecule has 0 saturated carbocycles. The van der Waals surface area contributed by atoms with E-state index in [1.165, 1.54) is 5.56 Å². The Morgan fingerprint density at radius 1 is 1.03 bits per heavy atom. The number of amides is 2. The molecule has 1 aliphatic rings. The maximum Gasteiger partial charge on any atom is 0.227 e. The maximum absolute atomic E-state index is 12.6. The molecule has 1 heterocycles. The van der Waals surface area contributed by atoms with E-state index in [9.17, 15) is 9.59 Å². The van der Waals surface area contributed by atoms with E-state index in [0.717, 1.165) is 42.7 Å². The van der Waals surface area contributed by atoms with Gasteiger partial charge in [-0.05, 0) is 48.9 Å². The third-order valence-corrected chi connectivity index (χ3v) is 5.77. The molecule has 0 unspecified atom stereocenters. The highest BCUT2D eigenvalue weighted by Gasteiger charge is 2.20. The van der Waals surface area contributed by atoms with Crippen LogP contribution in [0.15, 0.2) is 48.5 Å². The van der Waals surface area contributed by atoms with E-state index < -0.39 is 0 Å². The summed E-state index contributed by atoms with van der Waals surface area (Å²) in [4.78, 5) is 29.0. The van der Waals surface area contributed by atoms with E-state index in [1.807, 2.05) is 47.1 Å². The highest BCUT2D eigenvalue weighted by molar-refractivity contribution is 5.93. The average molecular weight is 393 g/mol. The first-order valence-corrected chi connectivity index (χ1v) is 10.7. The number of likely N-dealkylation sites (tertiary alicyclic amines) is 1. The summed E-state index contributed by atoms with van der Waals surface area (Å²) in [7, 11) is 0. The van der Waals surface area contributed by atoms with Crippen molar-refractivity contribution in [2.24, 2.45) is 5.92 Å². The molecule has 0 radical (unpaired) electrons. The zero-order valence-electron chi connectivity index (χ0n) is 17.9. The van der Waals surface area contributed by atoms with Crippen molar-refractivity contribution >= 4 is 17.5 Å². The SMILES string of the molecule is CCC(=O)N(Cc1cccc(C)c1)c1ccc(CC(=O)N2CCC(C)CC2)cc1. The Labute approximate surface area is 174 Å². The predicted octanol–water partition coefficient (Wildman–Crippen LogP) is 4.74. The summed E-state index contributed by atoms with van der Waals surface area (Å²) in [6.07, 6.45) is 3.07. The van der Waals surface area contributed by atoms with Crippen LogP contribution >= 0.6 is 0 Å². The number of piperidine rings is 1. The molecule has 3 rings (SSSR count). The maximum atomic E-state index is 12.6. The van der Waals surface area contributed by atoms with E-state index in [0.29, 0.717) is 25.3 Å². The van der Waals surface area contributed by atoms with Gasteiger partial charge in [-0.2, -0.15) is 0 Å². The van der Waals surface area contributed by atoms with Gasteiger partial charge in [-0.25, -0.2) is 0 Å². The minimum atomic E-state index is 0.0952. The van der Waals surface area contributed by atoms with E-state index in [2.05, 4.69) is 32.0 Å². The third-order valence-electron chi connectivity index (χ3n) is 5.77. The van der Waals surface area contributed by atoms with E-state index in [-0.39, 0.29) is 11.8 Å². The molecule has 4 nitrogen and oxygen atoms in total. The number of aryl methyl sites for hydroxylation is 1. The van der Waals surface area contributed by atoms with Gasteiger partial charge >= 0.3 is 0 Å². The van der Waals surface area contributed by atoms with Gasteiger partial charge in [0.25, 0.3) is 0 Å². The molecule has 0 aromatic heterocycles. The van der Waals surface area contributed by atoms with E-state index >= 15 is 0 Å². The zero-order valence-corrected chi connectivity index (χ0v) is 17.9. The summed E-state index contributed by atoms with van der Waals surface area (Å²) in [6.45, 7) is 8.49. The summed E-state index contributed by atoms with van der Waals surface area (Å²) in [5.74, 6) is 1.01. The molecule has 0 aliphatic carbocycles. The van der Waals surface area contributed by atoms with Crippen LogP contribution in [-0.4, -0.2) is 29.8 Å². The number of hydrogen-bond acceptors (Lipinski definition) is 2. The number of hydrogen-bond donors (Lipinski definition) is 0. The van der Waals surface area contributed by atoms with Gasteiger partial charge in [0.05, 0.1) is 13.0 Å². The van der Waals surface area contributed by atoms with Crippen molar-refractivity contribution in [1.29, 1.82) is 0 Å². The summed E-state index contributed by atoms with van der Waals surface area (Å²) >= 11 is 0. The van der Waals surface area contributed by atoms with Gasteiger partial charge in [-0.15, -0.1) is 0 Å². The molecule has 2 amide bonds. The summed E-state index contributed by atoms with van der Waals surface area (Å²) in [5, 5.41) is 0. The second kappa shape index (κ2) is 9.73. The van der Waals surface area contributed by atoms with Crippen molar-refractivity contribution in [3.05, 3.63) is 65.2 Å². The van der Waals surface area contributed by atoms with Crippen LogP contribution < -0.4 is 4.90 Å². The number of carbonyl (C=O) groups excluding carboxylic acids is 2. The van der Waals surface area contributed by atoms with Gasteiger partial charge in [0.15, 0.2) is 0 Å². The monoisotopic (exact) mass is 392 g/mol. The molecule has 4 heteroatoms. The van der Waals surface area contributed by atoms with Crippen molar-refractivity contribution < 1.29 is 9.59 Å². The van der Waals surface area contributed by atoms with Gasteiger partial charge in [0, 0.05) is 25.2 Å². The van der Waals surface area contributed by atoms with E-state index in [1.54, 1.807) is 0 Å². The Morgan fingerprint density at radius 2 is 1.72 bits per heavy atom. The van der Waals surface area contributed by atoms with Gasteiger partial charge in [-0.1, -0.05) is 55.8 Å². The van der Waals surface area contributed by atoms with Gasteiger partial charge < -0.3 is 9.80 Å². The lowest BCUT2D eigenvalue weighted by atomic mass is 9.98. The smallest absolute Gasteiger partial charge is 0.227 e. The molecule has 0 spiro atoms. The Bertz CT molecular complexity index is 836. The first-order chi connectivity index (χ1) is 14.0. The van der Waals surface area contributed by atoms with Gasteiger partial charge in [-0.3, -0.25) is 9.59 Å². The zero-order chi connectivity index (χ0) is 20.8. The first-order valence-electron chi connectivity index (χ1n) is 10.7. The number of carbonyl (C=O) groups is 2. The molecule has 154 valence electrons. The second-order valence-electron chi connectivity index (χ2n) is 8.23. The molecule has 2 aromatic rings. The predicted molar refractivity (Wildman–Crippen MR) is 118 cm³/mol. The largest absolute Gasteiger partial charge is 0.342 e. The Balaban J connectivity index is 1.68. The fraction of sp³-hybridized carbons (Fsp3) is 0.440. The first kappa shape index (κ1) is 21.1. The van der Waals surface area contributed by atoms with Gasteiger partial charge in [0.2, 0.25) is 11.8 Å². The lowest BCUT2D eigenvalue weighted by Crippen LogP contribution is -2.38. The highest BCUT2D eigenvalue weighted by atomic mass is 16.2. The number of anilines is 1. The molecule has 0 N–H and O–H groups in total. The van der Waals surface area contributed by atoms with Crippen LogP contribution in [0, 0.1) is 12.8 Å². The summed E-state index contributed by atoms with van der Waals surface area (Å²) < 4.78 is 0. The number of benzene rings is 2. The van der Waals surface area contributed by atoms with Crippen LogP contribution in [-0.2, 0) is 22.6 Å². The molecular weight excluding hydrogens is 360 g/mol. The lowest BCUT2D eigenvalue weighted by molar-refractivity contribution is -0.131. The molecule has 2 aromatic carbocycles. The third kappa shape index (κ3) is 5.69. The second-order valence-corrected chi connectivity index (χ2v) is 8.23. The molecule has 1 aliphatic heterocycles. The quantitative estimate of drug-likeness (QED) is 0.712. The Morgan fingerprint density at radius 3 is 2.34 bits per heavy atom. The fourth-order valence-corrected chi connectivity index (χ4v) is 3.85. The molecule has 1 saturated heterocycles. The molecule has 29 heavy (non-hydrogen) atoms. The fourth-order valence-electron chi connectivity index (χ4n) is 3.85. The molecule has 0 bridgehead atoms. The average Bonchev–Trinajstić information content (AvgIpc) is 2.72. The lowest BCUT2D eigenvalue weighted by Gasteiger charge is -2.30. The van der Waals surface area contributed by atoms with Crippen LogP contribution in [0.4, 0.5) is 5.69 Å². The summed E-state index contributed by atoms with van der Waals surface area (Å²) in [5.41, 5.74) is 4.18. The number of rotatable bonds is 6. The van der Waals surface area contributed by atoms with Gasteiger partial charge in [0.1, 0.15) is 0 Å². The molecule has 0 atom stereocenters. The van der Waals surface area contributed by atoms with E-state index in [4.69, 9.17) is 0 Å². The van der Waals surface area contributed by atoms with Crippen LogP contribution in [0.3, 0.4) is 0 Å². The van der Waals surface area contributed by atoms with Crippen molar-refractivity contribution in [1.82, 2.24) is 4.90 Å². The Hall–Kier alpha value is -2.62. The topological polar surface area (TPSA) is 40.6 Å². The minimum Gasteiger partial charge on any atom is -0.342 e. The normalized spacial score (nSPS) is 14.7. The van der Waals surface area contributed by atoms with Crippen LogP contribution in [0.2, 0.25) is 0 Å². The number of nitrogens with zero attached hydrogens (tertiary/aromatic N) is 2. The standard InChI is InChI=1S/C25H32N2O2/c1-4-24(28)27(18-22-7-5-6-20(3)16-22)23-10-8-21(9-11-23)17-25(29)26-14-12-19(2)13-15-26/h5-11,16,19H,4,12-15,17-18H2,1-3H3. The van der Waals surface area contributed by atoms with Crippen molar-refractivity contribution in [3.63, 3.8) is 0 Å². The minimum absolute atomic E-state index is 0.0952. The van der Waals surface area contributed by atoms with Crippen LogP contribution in [0.5, 0.6) is 0 Å². The highest BCUT2D eigenvalue weighted by Crippen LogP contribution is 2.21. The van der Waals surface area contributed by atoms with Crippen molar-refractivity contribution in [3.8, 4) is 0 Å². The van der Waals surface area contributed by atoms with Crippen LogP contribution in [0.25, 0.3) is 0 Å². The van der Waals surface area contributed by atoms with Crippen molar-refractivity contribution in [2.75, 3.05) is 18.0 Å². The molecule has 1 fully saturated rings. The van der Waals surface area contributed by atoms with Crippen molar-refractivity contribution in [2.45, 2.75) is 53.0 Å². The summed E-state index contributed by atoms with van der Waals surface area (Å²) in [6, 6.07) is 16.1.